The van der Waals surface area contributed by atoms with Crippen molar-refractivity contribution >= 4 is 33.2 Å². The Kier molecular flexibility index (Phi) is 3.17. The Morgan fingerprint density at radius 1 is 1.55 bits per heavy atom. The number of hydrazine groups is 1. The number of alkyl halides is 1. The number of rotatable bonds is 2. The third-order valence-corrected chi connectivity index (χ3v) is 2.34. The Hall–Kier alpha value is -0.250. The highest BCUT2D eigenvalue weighted by Gasteiger charge is 2.02. The minimum absolute atomic E-state index is 0.457. The number of hydrogen-bond donors (Lipinski definition) is 2. The number of nitrogens with two attached hydrogens (primary N) is 1. The minimum Gasteiger partial charge on any atom is -0.323 e. The molecule has 4 heteroatoms. The van der Waals surface area contributed by atoms with Gasteiger partial charge < -0.3 is 5.43 Å². The second-order valence-electron chi connectivity index (χ2n) is 2.05. The molecule has 1 aromatic rings. The maximum Gasteiger partial charge on any atom is 0.0671 e. The van der Waals surface area contributed by atoms with Crippen molar-refractivity contribution in [3.63, 3.8) is 0 Å². The molecular formula is C7H8BrClN2. The van der Waals surface area contributed by atoms with Crippen LogP contribution < -0.4 is 11.3 Å². The molecule has 3 N–H and O–H groups in total. The summed E-state index contributed by atoms with van der Waals surface area (Å²) in [7, 11) is 0. The lowest BCUT2D eigenvalue weighted by atomic mass is 10.2. The zero-order chi connectivity index (χ0) is 8.27. The van der Waals surface area contributed by atoms with E-state index in [2.05, 4.69) is 21.4 Å². The molecule has 0 aliphatic rings. The minimum atomic E-state index is 0.457. The van der Waals surface area contributed by atoms with E-state index in [0.29, 0.717) is 5.88 Å². The summed E-state index contributed by atoms with van der Waals surface area (Å²) in [6.07, 6.45) is 0. The summed E-state index contributed by atoms with van der Waals surface area (Å²) in [5, 5.41) is 0. The van der Waals surface area contributed by atoms with Crippen molar-refractivity contribution in [3.8, 4) is 0 Å². The van der Waals surface area contributed by atoms with Crippen LogP contribution in [0.15, 0.2) is 22.7 Å². The van der Waals surface area contributed by atoms with Crippen LogP contribution in [0.2, 0.25) is 0 Å². The molecule has 0 bridgehead atoms. The summed E-state index contributed by atoms with van der Waals surface area (Å²) in [4.78, 5) is 0. The molecule has 1 aromatic carbocycles. The van der Waals surface area contributed by atoms with E-state index in [1.807, 2.05) is 18.2 Å². The van der Waals surface area contributed by atoms with Crippen LogP contribution in [0.5, 0.6) is 0 Å². The first kappa shape index (κ1) is 8.84. The summed E-state index contributed by atoms with van der Waals surface area (Å²) >= 11 is 9.01. The smallest absolute Gasteiger partial charge is 0.0671 e. The molecule has 0 unspecified atom stereocenters. The van der Waals surface area contributed by atoms with Crippen LogP contribution in [-0.4, -0.2) is 0 Å². The molecule has 60 valence electrons. The summed E-state index contributed by atoms with van der Waals surface area (Å²) in [6.45, 7) is 0. The Bertz CT molecular complexity index is 252. The molecule has 0 aromatic heterocycles. The van der Waals surface area contributed by atoms with Gasteiger partial charge in [-0.05, 0) is 27.6 Å². The van der Waals surface area contributed by atoms with E-state index in [1.165, 1.54) is 0 Å². The number of benzene rings is 1. The molecular weight excluding hydrogens is 227 g/mol. The first-order valence-corrected chi connectivity index (χ1v) is 4.42. The number of nitrogens with one attached hydrogen (secondary N) is 1. The molecule has 0 saturated carbocycles. The van der Waals surface area contributed by atoms with Crippen LogP contribution in [0.4, 0.5) is 5.69 Å². The molecule has 0 spiro atoms. The average Bonchev–Trinajstić information content (AvgIpc) is 2.04. The zero-order valence-corrected chi connectivity index (χ0v) is 8.11. The number of para-hydroxylation sites is 1. The van der Waals surface area contributed by atoms with Gasteiger partial charge in [-0.1, -0.05) is 12.1 Å². The molecule has 0 aliphatic heterocycles. The van der Waals surface area contributed by atoms with E-state index >= 15 is 0 Å². The molecule has 0 heterocycles. The average molecular weight is 236 g/mol. The summed E-state index contributed by atoms with van der Waals surface area (Å²) in [5.74, 6) is 5.75. The molecule has 0 atom stereocenters. The number of halogens is 2. The Morgan fingerprint density at radius 3 is 2.73 bits per heavy atom. The molecule has 0 saturated heterocycles. The van der Waals surface area contributed by atoms with E-state index in [4.69, 9.17) is 17.4 Å². The SMILES string of the molecule is NNc1c(Br)cccc1CCl. The fourth-order valence-electron chi connectivity index (χ4n) is 0.842. The van der Waals surface area contributed by atoms with Crippen molar-refractivity contribution in [2.24, 2.45) is 5.84 Å². The lowest BCUT2D eigenvalue weighted by Crippen LogP contribution is -2.09. The number of hydrogen-bond acceptors (Lipinski definition) is 2. The van der Waals surface area contributed by atoms with Crippen molar-refractivity contribution in [2.45, 2.75) is 5.88 Å². The van der Waals surface area contributed by atoms with Crippen molar-refractivity contribution in [2.75, 3.05) is 5.43 Å². The van der Waals surface area contributed by atoms with Crippen molar-refractivity contribution in [3.05, 3.63) is 28.2 Å². The maximum absolute atomic E-state index is 5.67. The van der Waals surface area contributed by atoms with Crippen molar-refractivity contribution in [1.29, 1.82) is 0 Å². The van der Waals surface area contributed by atoms with Gasteiger partial charge in [0.25, 0.3) is 0 Å². The molecule has 0 radical (unpaired) electrons. The highest BCUT2D eigenvalue weighted by molar-refractivity contribution is 9.10. The first-order chi connectivity index (χ1) is 5.29. The second kappa shape index (κ2) is 3.95. The molecule has 0 aliphatic carbocycles. The zero-order valence-electron chi connectivity index (χ0n) is 5.77. The van der Waals surface area contributed by atoms with E-state index < -0.39 is 0 Å². The largest absolute Gasteiger partial charge is 0.323 e. The summed E-state index contributed by atoms with van der Waals surface area (Å²) in [5.41, 5.74) is 4.42. The maximum atomic E-state index is 5.67. The van der Waals surface area contributed by atoms with Gasteiger partial charge in [0.2, 0.25) is 0 Å². The van der Waals surface area contributed by atoms with Gasteiger partial charge in [0, 0.05) is 10.4 Å². The number of nitrogen functional groups attached to an aromatic ring is 1. The van der Waals surface area contributed by atoms with Gasteiger partial charge in [-0.15, -0.1) is 11.6 Å². The van der Waals surface area contributed by atoms with Gasteiger partial charge in [-0.2, -0.15) is 0 Å². The molecule has 2 nitrogen and oxygen atoms in total. The van der Waals surface area contributed by atoms with Crippen molar-refractivity contribution < 1.29 is 0 Å². The Morgan fingerprint density at radius 2 is 2.27 bits per heavy atom. The highest BCUT2D eigenvalue weighted by atomic mass is 79.9. The molecule has 0 fully saturated rings. The lowest BCUT2D eigenvalue weighted by Gasteiger charge is -2.07. The van der Waals surface area contributed by atoms with Gasteiger partial charge in [-0.25, -0.2) is 0 Å². The van der Waals surface area contributed by atoms with Crippen LogP contribution in [0.1, 0.15) is 5.56 Å². The fourth-order valence-corrected chi connectivity index (χ4v) is 1.59. The Labute approximate surface area is 78.8 Å². The molecule has 0 amide bonds. The van der Waals surface area contributed by atoms with E-state index in [1.54, 1.807) is 0 Å². The van der Waals surface area contributed by atoms with Crippen LogP contribution >= 0.6 is 27.5 Å². The van der Waals surface area contributed by atoms with Crippen LogP contribution in [0.25, 0.3) is 0 Å². The van der Waals surface area contributed by atoms with Crippen LogP contribution in [-0.2, 0) is 5.88 Å². The standard InChI is InChI=1S/C7H8BrClN2/c8-6-3-1-2-5(4-9)7(6)11-10/h1-3,11H,4,10H2. The monoisotopic (exact) mass is 234 g/mol. The topological polar surface area (TPSA) is 38.0 Å². The van der Waals surface area contributed by atoms with Gasteiger partial charge in [0.1, 0.15) is 0 Å². The molecule has 11 heavy (non-hydrogen) atoms. The van der Waals surface area contributed by atoms with E-state index in [-0.39, 0.29) is 0 Å². The number of anilines is 1. The van der Waals surface area contributed by atoms with Crippen LogP contribution in [0, 0.1) is 0 Å². The lowest BCUT2D eigenvalue weighted by molar-refractivity contribution is 1.28. The van der Waals surface area contributed by atoms with Gasteiger partial charge in [0.05, 0.1) is 5.69 Å². The van der Waals surface area contributed by atoms with Gasteiger partial charge >= 0.3 is 0 Å². The summed E-state index contributed by atoms with van der Waals surface area (Å²) in [6, 6.07) is 5.75. The van der Waals surface area contributed by atoms with E-state index in [9.17, 15) is 0 Å². The predicted molar refractivity (Wildman–Crippen MR) is 51.5 cm³/mol. The third kappa shape index (κ3) is 1.86. The Balaban J connectivity index is 3.13. The van der Waals surface area contributed by atoms with Gasteiger partial charge in [0.15, 0.2) is 0 Å². The fraction of sp³-hybridized carbons (Fsp3) is 0.143. The van der Waals surface area contributed by atoms with Crippen molar-refractivity contribution in [1.82, 2.24) is 0 Å². The predicted octanol–water partition coefficient (Wildman–Crippen LogP) is 2.47. The van der Waals surface area contributed by atoms with E-state index in [0.717, 1.165) is 15.7 Å². The third-order valence-electron chi connectivity index (χ3n) is 1.39. The quantitative estimate of drug-likeness (QED) is 0.469. The second-order valence-corrected chi connectivity index (χ2v) is 3.17. The van der Waals surface area contributed by atoms with Crippen LogP contribution in [0.3, 0.4) is 0 Å². The normalized spacial score (nSPS) is 9.73. The summed E-state index contributed by atoms with van der Waals surface area (Å²) < 4.78 is 0.929. The molecule has 1 rings (SSSR count). The van der Waals surface area contributed by atoms with Gasteiger partial charge in [-0.3, -0.25) is 5.84 Å². The first-order valence-electron chi connectivity index (χ1n) is 3.09. The highest BCUT2D eigenvalue weighted by Crippen LogP contribution is 2.26.